The molecular weight excluding hydrogens is 204 g/mol. The van der Waals surface area contributed by atoms with Crippen molar-refractivity contribution in [2.75, 3.05) is 6.54 Å². The van der Waals surface area contributed by atoms with Gasteiger partial charge in [0, 0.05) is 12.0 Å². The maximum absolute atomic E-state index is 11.7. The summed E-state index contributed by atoms with van der Waals surface area (Å²) in [6.45, 7) is 3.87. The lowest BCUT2D eigenvalue weighted by atomic mass is 9.94. The molecule has 2 amide bonds. The molecule has 4 nitrogen and oxygen atoms in total. The van der Waals surface area contributed by atoms with E-state index in [9.17, 15) is 9.59 Å². The Kier molecular flexibility index (Phi) is 5.02. The van der Waals surface area contributed by atoms with Crippen LogP contribution in [0.3, 0.4) is 0 Å². The zero-order valence-electron chi connectivity index (χ0n) is 9.95. The van der Waals surface area contributed by atoms with E-state index in [1.807, 2.05) is 19.9 Å². The first kappa shape index (κ1) is 12.7. The lowest BCUT2D eigenvalue weighted by Gasteiger charge is -2.17. The van der Waals surface area contributed by atoms with Gasteiger partial charge in [-0.3, -0.25) is 9.59 Å². The van der Waals surface area contributed by atoms with Crippen molar-refractivity contribution >= 4 is 11.8 Å². The molecule has 0 saturated heterocycles. The third-order valence-electron chi connectivity index (χ3n) is 2.51. The topological polar surface area (TPSA) is 58.2 Å². The Balaban J connectivity index is 2.24. The molecule has 0 aromatic rings. The Hall–Kier alpha value is -1.32. The molecule has 0 spiro atoms. The van der Waals surface area contributed by atoms with Crippen molar-refractivity contribution in [2.45, 2.75) is 39.2 Å². The molecular formula is C12H20N2O2. The van der Waals surface area contributed by atoms with E-state index in [0.717, 1.165) is 19.3 Å². The summed E-state index contributed by atoms with van der Waals surface area (Å²) in [5.74, 6) is -0.102. The van der Waals surface area contributed by atoms with Gasteiger partial charge in [-0.15, -0.1) is 0 Å². The first-order valence-corrected chi connectivity index (χ1v) is 5.81. The molecule has 0 aromatic heterocycles. The zero-order chi connectivity index (χ0) is 12.0. The molecule has 1 unspecified atom stereocenters. The first-order chi connectivity index (χ1) is 7.59. The van der Waals surface area contributed by atoms with E-state index in [4.69, 9.17) is 0 Å². The van der Waals surface area contributed by atoms with E-state index >= 15 is 0 Å². The Bertz CT molecular complexity index is 285. The van der Waals surface area contributed by atoms with E-state index in [0.29, 0.717) is 0 Å². The Morgan fingerprint density at radius 1 is 1.38 bits per heavy atom. The third kappa shape index (κ3) is 4.47. The summed E-state index contributed by atoms with van der Waals surface area (Å²) in [5, 5.41) is 5.41. The second kappa shape index (κ2) is 6.30. The highest BCUT2D eigenvalue weighted by Crippen LogP contribution is 2.17. The van der Waals surface area contributed by atoms with Crippen LogP contribution in [-0.4, -0.2) is 24.4 Å². The molecule has 0 aromatic carbocycles. The van der Waals surface area contributed by atoms with Gasteiger partial charge in [0.05, 0.1) is 6.54 Å². The van der Waals surface area contributed by atoms with Crippen molar-refractivity contribution < 1.29 is 9.59 Å². The number of carbonyl (C=O) groups excluding carboxylic acids is 2. The van der Waals surface area contributed by atoms with Gasteiger partial charge in [-0.2, -0.15) is 0 Å². The largest absolute Gasteiger partial charge is 0.352 e. The monoisotopic (exact) mass is 224 g/mol. The third-order valence-corrected chi connectivity index (χ3v) is 2.51. The molecule has 90 valence electrons. The predicted molar refractivity (Wildman–Crippen MR) is 62.8 cm³/mol. The smallest absolute Gasteiger partial charge is 0.239 e. The summed E-state index contributed by atoms with van der Waals surface area (Å²) in [5.41, 5.74) is 0. The fraction of sp³-hybridized carbons (Fsp3) is 0.667. The van der Waals surface area contributed by atoms with Crippen LogP contribution in [0, 0.1) is 5.92 Å². The summed E-state index contributed by atoms with van der Waals surface area (Å²) >= 11 is 0. The van der Waals surface area contributed by atoms with Crippen LogP contribution in [0.1, 0.15) is 33.1 Å². The van der Waals surface area contributed by atoms with Crippen LogP contribution in [-0.2, 0) is 9.59 Å². The molecule has 0 saturated carbocycles. The summed E-state index contributed by atoms with van der Waals surface area (Å²) in [7, 11) is 0. The standard InChI is InChI=1S/C12H20N2O2/c1-9(2)14-11(15)8-13-12(16)10-6-4-3-5-7-10/h3-4,9-10H,5-8H2,1-2H3,(H,13,16)(H,14,15). The average Bonchev–Trinajstić information content (AvgIpc) is 2.26. The van der Waals surface area contributed by atoms with Crippen molar-refractivity contribution in [2.24, 2.45) is 5.92 Å². The summed E-state index contributed by atoms with van der Waals surface area (Å²) < 4.78 is 0. The molecule has 1 atom stereocenters. The predicted octanol–water partition coefficient (Wildman–Crippen LogP) is 0.983. The van der Waals surface area contributed by atoms with Crippen molar-refractivity contribution in [3.63, 3.8) is 0 Å². The number of amides is 2. The van der Waals surface area contributed by atoms with E-state index in [1.54, 1.807) is 0 Å². The highest BCUT2D eigenvalue weighted by molar-refractivity contribution is 5.86. The molecule has 1 aliphatic rings. The fourth-order valence-corrected chi connectivity index (χ4v) is 1.72. The highest BCUT2D eigenvalue weighted by Gasteiger charge is 2.18. The average molecular weight is 224 g/mol. The van der Waals surface area contributed by atoms with Crippen LogP contribution >= 0.6 is 0 Å². The van der Waals surface area contributed by atoms with Gasteiger partial charge in [0.25, 0.3) is 0 Å². The molecule has 16 heavy (non-hydrogen) atoms. The molecule has 1 rings (SSSR count). The molecule has 2 N–H and O–H groups in total. The normalized spacial score (nSPS) is 19.6. The molecule has 0 bridgehead atoms. The minimum absolute atomic E-state index is 0.0109. The lowest BCUT2D eigenvalue weighted by Crippen LogP contribution is -2.41. The van der Waals surface area contributed by atoms with Gasteiger partial charge in [0.2, 0.25) is 11.8 Å². The first-order valence-electron chi connectivity index (χ1n) is 5.81. The molecule has 0 heterocycles. The second-order valence-corrected chi connectivity index (χ2v) is 4.42. The highest BCUT2D eigenvalue weighted by atomic mass is 16.2. The van der Waals surface area contributed by atoms with Gasteiger partial charge in [-0.1, -0.05) is 12.2 Å². The van der Waals surface area contributed by atoms with Crippen LogP contribution in [0.2, 0.25) is 0 Å². The number of carbonyl (C=O) groups is 2. The minimum Gasteiger partial charge on any atom is -0.352 e. The van der Waals surface area contributed by atoms with Gasteiger partial charge in [-0.05, 0) is 33.1 Å². The number of hydrogen-bond acceptors (Lipinski definition) is 2. The summed E-state index contributed by atoms with van der Waals surface area (Å²) in [6.07, 6.45) is 6.75. The Morgan fingerprint density at radius 2 is 2.12 bits per heavy atom. The molecule has 4 heteroatoms. The minimum atomic E-state index is -0.130. The Labute approximate surface area is 96.5 Å². The maximum atomic E-state index is 11.7. The zero-order valence-corrected chi connectivity index (χ0v) is 9.95. The van der Waals surface area contributed by atoms with Crippen molar-refractivity contribution in [1.29, 1.82) is 0 Å². The number of rotatable bonds is 4. The Morgan fingerprint density at radius 3 is 2.69 bits per heavy atom. The fourth-order valence-electron chi connectivity index (χ4n) is 1.72. The quantitative estimate of drug-likeness (QED) is 0.699. The lowest BCUT2D eigenvalue weighted by molar-refractivity contribution is -0.128. The van der Waals surface area contributed by atoms with Crippen LogP contribution in [0.5, 0.6) is 0 Å². The molecule has 0 aliphatic heterocycles. The van der Waals surface area contributed by atoms with Crippen molar-refractivity contribution in [3.8, 4) is 0 Å². The number of allylic oxidation sites excluding steroid dienone is 2. The summed E-state index contributed by atoms with van der Waals surface area (Å²) in [6, 6.07) is 0.113. The van der Waals surface area contributed by atoms with Crippen LogP contribution < -0.4 is 10.6 Å². The SMILES string of the molecule is CC(C)NC(=O)CNC(=O)C1CC=CCC1. The van der Waals surface area contributed by atoms with Crippen molar-refractivity contribution in [3.05, 3.63) is 12.2 Å². The van der Waals surface area contributed by atoms with Gasteiger partial charge in [-0.25, -0.2) is 0 Å². The maximum Gasteiger partial charge on any atom is 0.239 e. The van der Waals surface area contributed by atoms with Gasteiger partial charge in [0.15, 0.2) is 0 Å². The van der Waals surface area contributed by atoms with Gasteiger partial charge in [0.1, 0.15) is 0 Å². The van der Waals surface area contributed by atoms with Gasteiger partial charge >= 0.3 is 0 Å². The number of nitrogens with one attached hydrogen (secondary N) is 2. The molecule has 1 aliphatic carbocycles. The van der Waals surface area contributed by atoms with Crippen LogP contribution in [0.4, 0.5) is 0 Å². The van der Waals surface area contributed by atoms with E-state index in [2.05, 4.69) is 16.7 Å². The van der Waals surface area contributed by atoms with E-state index < -0.39 is 0 Å². The molecule has 0 radical (unpaired) electrons. The van der Waals surface area contributed by atoms with E-state index in [1.165, 1.54) is 0 Å². The van der Waals surface area contributed by atoms with Gasteiger partial charge < -0.3 is 10.6 Å². The van der Waals surface area contributed by atoms with Crippen molar-refractivity contribution in [1.82, 2.24) is 10.6 Å². The van der Waals surface area contributed by atoms with Crippen LogP contribution in [0.25, 0.3) is 0 Å². The van der Waals surface area contributed by atoms with E-state index in [-0.39, 0.29) is 30.3 Å². The van der Waals surface area contributed by atoms with Crippen LogP contribution in [0.15, 0.2) is 12.2 Å². The second-order valence-electron chi connectivity index (χ2n) is 4.42. The molecule has 0 fully saturated rings. The number of hydrogen-bond donors (Lipinski definition) is 2. The summed E-state index contributed by atoms with van der Waals surface area (Å²) in [4.78, 5) is 23.0.